The highest BCUT2D eigenvalue weighted by atomic mass is 19.1. The molecule has 0 heterocycles. The summed E-state index contributed by atoms with van der Waals surface area (Å²) in [4.78, 5) is 0. The Kier molecular flexibility index (Phi) is 4.08. The minimum absolute atomic E-state index is 0.0763. The fourth-order valence-corrected chi connectivity index (χ4v) is 1.65. The second-order valence-electron chi connectivity index (χ2n) is 3.79. The third kappa shape index (κ3) is 2.81. The summed E-state index contributed by atoms with van der Waals surface area (Å²) in [6.45, 7) is 4.36. The van der Waals surface area contributed by atoms with Crippen LogP contribution in [0.3, 0.4) is 0 Å². The molecule has 1 aromatic carbocycles. The van der Waals surface area contributed by atoms with Gasteiger partial charge in [-0.15, -0.1) is 0 Å². The number of unbranched alkanes of at least 4 members (excludes halogenated alkanes) is 1. The Bertz CT molecular complexity index is 284. The Labute approximate surface area is 85.1 Å². The van der Waals surface area contributed by atoms with Crippen LogP contribution in [0.15, 0.2) is 12.1 Å². The summed E-state index contributed by atoms with van der Waals surface area (Å²) >= 11 is 0. The van der Waals surface area contributed by atoms with Crippen LogP contribution >= 0.6 is 0 Å². The molecular formula is C12H18FN. The first-order chi connectivity index (χ1) is 6.65. The summed E-state index contributed by atoms with van der Waals surface area (Å²) in [5.41, 5.74) is 8.12. The van der Waals surface area contributed by atoms with Crippen LogP contribution in [-0.2, 0) is 6.42 Å². The summed E-state index contributed by atoms with van der Waals surface area (Å²) in [5.74, 6) is -0.0763. The number of halogens is 1. The maximum Gasteiger partial charge on any atom is 0.129 e. The van der Waals surface area contributed by atoms with Crippen LogP contribution in [0.1, 0.15) is 29.5 Å². The first kappa shape index (κ1) is 11.2. The Balaban J connectivity index is 2.69. The third-order valence-corrected chi connectivity index (χ3v) is 2.42. The predicted molar refractivity (Wildman–Crippen MR) is 57.9 cm³/mol. The number of hydrogen-bond acceptors (Lipinski definition) is 1. The van der Waals surface area contributed by atoms with E-state index in [9.17, 15) is 4.39 Å². The number of benzene rings is 1. The van der Waals surface area contributed by atoms with Crippen molar-refractivity contribution in [2.75, 3.05) is 6.54 Å². The normalized spacial score (nSPS) is 10.6. The summed E-state index contributed by atoms with van der Waals surface area (Å²) in [6, 6.07) is 3.86. The first-order valence-electron chi connectivity index (χ1n) is 5.11. The average molecular weight is 195 g/mol. The molecule has 0 aliphatic rings. The molecule has 0 bridgehead atoms. The maximum absolute atomic E-state index is 13.3. The quantitative estimate of drug-likeness (QED) is 0.734. The van der Waals surface area contributed by atoms with Gasteiger partial charge in [0.25, 0.3) is 0 Å². The highest BCUT2D eigenvalue weighted by Gasteiger charge is 2.03. The van der Waals surface area contributed by atoms with Crippen LogP contribution in [0, 0.1) is 19.7 Å². The van der Waals surface area contributed by atoms with E-state index >= 15 is 0 Å². The predicted octanol–water partition coefficient (Wildman–Crippen LogP) is 2.72. The molecule has 2 heteroatoms. The molecule has 0 aromatic heterocycles. The molecule has 0 aliphatic heterocycles. The van der Waals surface area contributed by atoms with Crippen LogP contribution < -0.4 is 5.73 Å². The van der Waals surface area contributed by atoms with Gasteiger partial charge >= 0.3 is 0 Å². The minimum Gasteiger partial charge on any atom is -0.330 e. The lowest BCUT2D eigenvalue weighted by Crippen LogP contribution is -1.99. The molecule has 0 aliphatic carbocycles. The van der Waals surface area contributed by atoms with Crippen molar-refractivity contribution in [1.29, 1.82) is 0 Å². The van der Waals surface area contributed by atoms with Crippen molar-refractivity contribution in [3.05, 3.63) is 34.6 Å². The second-order valence-corrected chi connectivity index (χ2v) is 3.79. The molecule has 0 saturated carbocycles. The van der Waals surface area contributed by atoms with Gasteiger partial charge in [-0.2, -0.15) is 0 Å². The van der Waals surface area contributed by atoms with Gasteiger partial charge in [-0.3, -0.25) is 0 Å². The van der Waals surface area contributed by atoms with Crippen molar-refractivity contribution in [3.8, 4) is 0 Å². The molecule has 0 saturated heterocycles. The number of nitrogens with two attached hydrogens (primary N) is 1. The van der Waals surface area contributed by atoms with Gasteiger partial charge in [0.15, 0.2) is 0 Å². The molecule has 0 atom stereocenters. The Hall–Kier alpha value is -0.890. The van der Waals surface area contributed by atoms with Gasteiger partial charge < -0.3 is 5.73 Å². The van der Waals surface area contributed by atoms with E-state index in [4.69, 9.17) is 5.73 Å². The van der Waals surface area contributed by atoms with Crippen LogP contribution in [0.25, 0.3) is 0 Å². The zero-order valence-electron chi connectivity index (χ0n) is 8.94. The van der Waals surface area contributed by atoms with Crippen LogP contribution in [0.2, 0.25) is 0 Å². The highest BCUT2D eigenvalue weighted by molar-refractivity contribution is 5.30. The smallest absolute Gasteiger partial charge is 0.129 e. The molecule has 1 rings (SSSR count). The van der Waals surface area contributed by atoms with Crippen molar-refractivity contribution < 1.29 is 4.39 Å². The van der Waals surface area contributed by atoms with Crippen molar-refractivity contribution in [1.82, 2.24) is 0 Å². The molecule has 2 N–H and O–H groups in total. The Morgan fingerprint density at radius 1 is 1.14 bits per heavy atom. The lowest BCUT2D eigenvalue weighted by atomic mass is 10.0. The van der Waals surface area contributed by atoms with E-state index in [1.807, 2.05) is 26.0 Å². The first-order valence-corrected chi connectivity index (χ1v) is 5.11. The molecule has 1 nitrogen and oxygen atoms in total. The van der Waals surface area contributed by atoms with Crippen LogP contribution in [0.5, 0.6) is 0 Å². The number of rotatable bonds is 4. The summed E-state index contributed by atoms with van der Waals surface area (Å²) in [7, 11) is 0. The van der Waals surface area contributed by atoms with E-state index in [2.05, 4.69) is 0 Å². The standard InChI is InChI=1S/C12H18FN/c1-9-7-11(5-3-4-6-14)8-10(2)12(9)13/h7-8H,3-6,14H2,1-2H3. The second kappa shape index (κ2) is 5.11. The van der Waals surface area contributed by atoms with Gasteiger partial charge in [-0.1, -0.05) is 12.1 Å². The molecule has 14 heavy (non-hydrogen) atoms. The van der Waals surface area contributed by atoms with E-state index in [-0.39, 0.29) is 5.82 Å². The zero-order chi connectivity index (χ0) is 10.6. The van der Waals surface area contributed by atoms with Crippen LogP contribution in [-0.4, -0.2) is 6.54 Å². The van der Waals surface area contributed by atoms with E-state index in [0.29, 0.717) is 0 Å². The third-order valence-electron chi connectivity index (χ3n) is 2.42. The van der Waals surface area contributed by atoms with E-state index in [1.165, 1.54) is 5.56 Å². The van der Waals surface area contributed by atoms with E-state index < -0.39 is 0 Å². The van der Waals surface area contributed by atoms with Crippen molar-refractivity contribution in [2.24, 2.45) is 5.73 Å². The van der Waals surface area contributed by atoms with Gasteiger partial charge in [-0.05, 0) is 56.3 Å². The fraction of sp³-hybridized carbons (Fsp3) is 0.500. The monoisotopic (exact) mass is 195 g/mol. The van der Waals surface area contributed by atoms with E-state index in [1.54, 1.807) is 0 Å². The van der Waals surface area contributed by atoms with Crippen molar-refractivity contribution >= 4 is 0 Å². The van der Waals surface area contributed by atoms with Gasteiger partial charge in [0.1, 0.15) is 5.82 Å². The minimum atomic E-state index is -0.0763. The number of hydrogen-bond donors (Lipinski definition) is 1. The molecule has 0 amide bonds. The Morgan fingerprint density at radius 2 is 1.71 bits per heavy atom. The van der Waals surface area contributed by atoms with E-state index in [0.717, 1.165) is 36.9 Å². The average Bonchev–Trinajstić information content (AvgIpc) is 2.14. The summed E-state index contributed by atoms with van der Waals surface area (Å²) < 4.78 is 13.3. The maximum atomic E-state index is 13.3. The molecule has 0 unspecified atom stereocenters. The topological polar surface area (TPSA) is 26.0 Å². The molecule has 78 valence electrons. The van der Waals surface area contributed by atoms with Crippen molar-refractivity contribution in [3.63, 3.8) is 0 Å². The molecule has 0 fully saturated rings. The molecule has 0 radical (unpaired) electrons. The van der Waals surface area contributed by atoms with Gasteiger partial charge in [0, 0.05) is 0 Å². The van der Waals surface area contributed by atoms with Crippen molar-refractivity contribution in [2.45, 2.75) is 33.1 Å². The fourth-order valence-electron chi connectivity index (χ4n) is 1.65. The SMILES string of the molecule is Cc1cc(CCCCN)cc(C)c1F. The number of aryl methyl sites for hydroxylation is 3. The highest BCUT2D eigenvalue weighted by Crippen LogP contribution is 2.16. The lowest BCUT2D eigenvalue weighted by Gasteiger charge is -2.06. The largest absolute Gasteiger partial charge is 0.330 e. The Morgan fingerprint density at radius 3 is 2.21 bits per heavy atom. The molecular weight excluding hydrogens is 177 g/mol. The van der Waals surface area contributed by atoms with Crippen LogP contribution in [0.4, 0.5) is 4.39 Å². The summed E-state index contributed by atoms with van der Waals surface area (Å²) in [5, 5.41) is 0. The zero-order valence-corrected chi connectivity index (χ0v) is 8.94. The lowest BCUT2D eigenvalue weighted by molar-refractivity contribution is 0.607. The van der Waals surface area contributed by atoms with Gasteiger partial charge in [-0.25, -0.2) is 4.39 Å². The summed E-state index contributed by atoms with van der Waals surface area (Å²) in [6.07, 6.45) is 3.12. The molecule has 0 spiro atoms. The molecule has 1 aromatic rings. The van der Waals surface area contributed by atoms with Gasteiger partial charge in [0.2, 0.25) is 0 Å². The van der Waals surface area contributed by atoms with Gasteiger partial charge in [0.05, 0.1) is 0 Å².